The van der Waals surface area contributed by atoms with Gasteiger partial charge in [-0.15, -0.1) is 0 Å². The molecule has 0 saturated heterocycles. The Balaban J connectivity index is 1.50. The smallest absolute Gasteiger partial charge is 0.326 e. The van der Waals surface area contributed by atoms with Crippen LogP contribution in [0.5, 0.6) is 0 Å². The van der Waals surface area contributed by atoms with Gasteiger partial charge in [-0.25, -0.2) is 4.79 Å². The lowest BCUT2D eigenvalue weighted by atomic mass is 10.0. The zero-order valence-corrected chi connectivity index (χ0v) is 18.2. The average Bonchev–Trinajstić information content (AvgIpc) is 2.76. The van der Waals surface area contributed by atoms with Crippen molar-refractivity contribution in [3.8, 4) is 16.8 Å². The number of hydrogen-bond acceptors (Lipinski definition) is 3. The van der Waals surface area contributed by atoms with Gasteiger partial charge in [0.25, 0.3) is 5.56 Å². The summed E-state index contributed by atoms with van der Waals surface area (Å²) >= 11 is 12.1. The molecule has 1 aromatic heterocycles. The molecule has 3 aromatic carbocycles. The van der Waals surface area contributed by atoms with E-state index in [9.17, 15) is 14.4 Å². The third-order valence-electron chi connectivity index (χ3n) is 4.78. The molecule has 0 aliphatic carbocycles. The first-order chi connectivity index (χ1) is 15.4. The van der Waals surface area contributed by atoms with Crippen LogP contribution in [0.1, 0.15) is 5.56 Å². The first-order valence-electron chi connectivity index (χ1n) is 9.66. The summed E-state index contributed by atoms with van der Waals surface area (Å²) in [5, 5.41) is 3.79. The molecule has 0 aliphatic rings. The van der Waals surface area contributed by atoms with Gasteiger partial charge >= 0.3 is 5.69 Å². The number of amides is 1. The number of anilines is 1. The lowest BCUT2D eigenvalue weighted by Crippen LogP contribution is -2.27. The molecule has 0 fully saturated rings. The van der Waals surface area contributed by atoms with E-state index >= 15 is 0 Å². The predicted molar refractivity (Wildman–Crippen MR) is 127 cm³/mol. The number of carbonyl (C=O) groups is 1. The second-order valence-corrected chi connectivity index (χ2v) is 7.90. The molecule has 0 radical (unpaired) electrons. The van der Waals surface area contributed by atoms with Gasteiger partial charge in [0.1, 0.15) is 0 Å². The van der Waals surface area contributed by atoms with Gasteiger partial charge < -0.3 is 5.32 Å². The maximum atomic E-state index is 12.6. The van der Waals surface area contributed by atoms with Crippen molar-refractivity contribution in [2.24, 2.45) is 0 Å². The molecule has 8 heteroatoms. The topological polar surface area (TPSA) is 84.0 Å². The van der Waals surface area contributed by atoms with Crippen molar-refractivity contribution in [1.29, 1.82) is 0 Å². The number of halogens is 2. The van der Waals surface area contributed by atoms with E-state index in [1.807, 2.05) is 30.3 Å². The fourth-order valence-electron chi connectivity index (χ4n) is 3.28. The van der Waals surface area contributed by atoms with Crippen LogP contribution in [0.15, 0.2) is 88.6 Å². The van der Waals surface area contributed by atoms with E-state index in [-0.39, 0.29) is 12.3 Å². The third-order valence-corrected chi connectivity index (χ3v) is 5.52. The Morgan fingerprint density at radius 3 is 2.44 bits per heavy atom. The zero-order chi connectivity index (χ0) is 22.7. The summed E-state index contributed by atoms with van der Waals surface area (Å²) in [5.41, 5.74) is 2.68. The summed E-state index contributed by atoms with van der Waals surface area (Å²) in [6, 6.07) is 21.1. The molecule has 2 N–H and O–H groups in total. The maximum Gasteiger partial charge on any atom is 0.332 e. The first-order valence-corrected chi connectivity index (χ1v) is 10.4. The van der Waals surface area contributed by atoms with Crippen LogP contribution in [0.3, 0.4) is 0 Å². The summed E-state index contributed by atoms with van der Waals surface area (Å²) in [5.74, 6) is -0.206. The minimum Gasteiger partial charge on any atom is -0.326 e. The second-order valence-electron chi connectivity index (χ2n) is 7.08. The van der Waals surface area contributed by atoms with Crippen LogP contribution < -0.4 is 16.6 Å². The Morgan fingerprint density at radius 1 is 0.875 bits per heavy atom. The summed E-state index contributed by atoms with van der Waals surface area (Å²) in [7, 11) is 0. The number of carbonyl (C=O) groups excluding carboxylic acids is 1. The van der Waals surface area contributed by atoms with Crippen LogP contribution in [0, 0.1) is 0 Å². The fourth-order valence-corrected chi connectivity index (χ4v) is 3.58. The number of aromatic amines is 1. The quantitative estimate of drug-likeness (QED) is 0.448. The van der Waals surface area contributed by atoms with Gasteiger partial charge in [0.05, 0.1) is 22.2 Å². The van der Waals surface area contributed by atoms with Crippen LogP contribution in [0.2, 0.25) is 10.0 Å². The van der Waals surface area contributed by atoms with Crippen molar-refractivity contribution in [2.75, 3.05) is 5.32 Å². The molecular weight excluding hydrogens is 449 g/mol. The third kappa shape index (κ3) is 4.99. The van der Waals surface area contributed by atoms with Gasteiger partial charge in [-0.1, -0.05) is 59.6 Å². The highest BCUT2D eigenvalue weighted by molar-refractivity contribution is 6.42. The van der Waals surface area contributed by atoms with Gasteiger partial charge in [-0.05, 0) is 47.0 Å². The molecule has 32 heavy (non-hydrogen) atoms. The number of aromatic nitrogens is 2. The van der Waals surface area contributed by atoms with Crippen LogP contribution in [0.4, 0.5) is 5.69 Å². The summed E-state index contributed by atoms with van der Waals surface area (Å²) in [4.78, 5) is 38.1. The van der Waals surface area contributed by atoms with E-state index in [2.05, 4.69) is 10.3 Å². The van der Waals surface area contributed by atoms with Crippen LogP contribution in [-0.4, -0.2) is 15.5 Å². The van der Waals surface area contributed by atoms with Gasteiger partial charge in [0, 0.05) is 18.0 Å². The SMILES string of the molecule is O=C(Cc1cccc(-c2ccc(Cl)c(Cl)c2)c1)Nc1cccc(-n2ccc(=O)[nH]c2=O)c1. The van der Waals surface area contributed by atoms with E-state index in [0.717, 1.165) is 16.7 Å². The standard InChI is InChI=1S/C24H17Cl2N3O3/c25-20-8-7-17(13-21(20)26)16-4-1-3-15(11-16)12-23(31)27-18-5-2-6-19(14-18)29-10-9-22(30)28-24(29)32/h1-11,13-14H,12H2,(H,27,31)(H,28,30,32). The largest absolute Gasteiger partial charge is 0.332 e. The molecule has 6 nitrogen and oxygen atoms in total. The van der Waals surface area contributed by atoms with Crippen LogP contribution in [-0.2, 0) is 11.2 Å². The molecule has 0 atom stereocenters. The molecule has 0 unspecified atom stereocenters. The molecule has 4 rings (SSSR count). The Morgan fingerprint density at radius 2 is 1.66 bits per heavy atom. The van der Waals surface area contributed by atoms with Crippen molar-refractivity contribution in [3.63, 3.8) is 0 Å². The van der Waals surface area contributed by atoms with Gasteiger partial charge in [0.15, 0.2) is 0 Å². The Hall–Kier alpha value is -3.61. The molecule has 4 aromatic rings. The summed E-state index contributed by atoms with van der Waals surface area (Å²) in [6.07, 6.45) is 1.55. The molecule has 1 heterocycles. The predicted octanol–water partition coefficient (Wildman–Crippen LogP) is 4.68. The van der Waals surface area contributed by atoms with E-state index < -0.39 is 11.2 Å². The fraction of sp³-hybridized carbons (Fsp3) is 0.0417. The Kier molecular flexibility index (Phi) is 6.25. The first kappa shape index (κ1) is 21.6. The Labute approximate surface area is 193 Å². The van der Waals surface area contributed by atoms with Crippen molar-refractivity contribution in [1.82, 2.24) is 9.55 Å². The Bertz CT molecular complexity index is 1430. The van der Waals surface area contributed by atoms with Crippen molar-refractivity contribution in [2.45, 2.75) is 6.42 Å². The molecule has 1 amide bonds. The lowest BCUT2D eigenvalue weighted by Gasteiger charge is -2.10. The molecule has 0 bridgehead atoms. The van der Waals surface area contributed by atoms with E-state index in [0.29, 0.717) is 21.4 Å². The normalized spacial score (nSPS) is 10.7. The van der Waals surface area contributed by atoms with Gasteiger partial charge in [-0.2, -0.15) is 0 Å². The molecule has 160 valence electrons. The van der Waals surface area contributed by atoms with Crippen molar-refractivity contribution < 1.29 is 4.79 Å². The minimum absolute atomic E-state index is 0.165. The highest BCUT2D eigenvalue weighted by Gasteiger charge is 2.08. The molecule has 0 saturated carbocycles. The monoisotopic (exact) mass is 465 g/mol. The summed E-state index contributed by atoms with van der Waals surface area (Å²) < 4.78 is 1.29. The molecule has 0 aliphatic heterocycles. The number of benzene rings is 3. The lowest BCUT2D eigenvalue weighted by molar-refractivity contribution is -0.115. The van der Waals surface area contributed by atoms with Crippen molar-refractivity contribution in [3.05, 3.63) is 115 Å². The number of hydrogen-bond donors (Lipinski definition) is 2. The average molecular weight is 466 g/mol. The van der Waals surface area contributed by atoms with E-state index in [4.69, 9.17) is 23.2 Å². The van der Waals surface area contributed by atoms with Gasteiger partial charge in [-0.3, -0.25) is 19.1 Å². The number of rotatable bonds is 5. The highest BCUT2D eigenvalue weighted by atomic mass is 35.5. The zero-order valence-electron chi connectivity index (χ0n) is 16.6. The van der Waals surface area contributed by atoms with Crippen LogP contribution >= 0.6 is 23.2 Å². The highest BCUT2D eigenvalue weighted by Crippen LogP contribution is 2.29. The molecular formula is C24H17Cl2N3O3. The minimum atomic E-state index is -0.555. The summed E-state index contributed by atoms with van der Waals surface area (Å²) in [6.45, 7) is 0. The number of nitrogens with zero attached hydrogens (tertiary/aromatic N) is 1. The number of H-pyrrole nitrogens is 1. The van der Waals surface area contributed by atoms with Crippen molar-refractivity contribution >= 4 is 34.8 Å². The molecule has 0 spiro atoms. The maximum absolute atomic E-state index is 12.6. The van der Waals surface area contributed by atoms with Gasteiger partial charge in [0.2, 0.25) is 5.91 Å². The van der Waals surface area contributed by atoms with E-state index in [1.54, 1.807) is 36.4 Å². The van der Waals surface area contributed by atoms with Crippen LogP contribution in [0.25, 0.3) is 16.8 Å². The second kappa shape index (κ2) is 9.26. The van der Waals surface area contributed by atoms with E-state index in [1.165, 1.54) is 16.8 Å². The number of nitrogens with one attached hydrogen (secondary N) is 2.